The van der Waals surface area contributed by atoms with Crippen LogP contribution in [0.1, 0.15) is 6.42 Å². The summed E-state index contributed by atoms with van der Waals surface area (Å²) in [5.41, 5.74) is 5.17. The Morgan fingerprint density at radius 1 is 1.25 bits per heavy atom. The highest BCUT2D eigenvalue weighted by Gasteiger charge is 2.58. The maximum atomic E-state index is 12.3. The van der Waals surface area contributed by atoms with E-state index in [1.807, 2.05) is 0 Å². The standard InChI is InChI=1S/C13H17N3O3.ClH/c14-6-9(17)15-3-4-16-12(18)10-7-1-2-8(5-7)11(10)13(16)19;/h1-2,7-8,10-11H,3-6,14H2,(H,15,17);1H. The Bertz CT molecular complexity index is 449. The number of amides is 3. The van der Waals surface area contributed by atoms with Gasteiger partial charge in [0.15, 0.2) is 0 Å². The summed E-state index contributed by atoms with van der Waals surface area (Å²) in [5, 5.41) is 2.58. The fraction of sp³-hybridized carbons (Fsp3) is 0.615. The van der Waals surface area contributed by atoms with E-state index in [-0.39, 0.29) is 73.4 Å². The minimum absolute atomic E-state index is 0. The number of fused-ring (bicyclic) bond motifs is 5. The van der Waals surface area contributed by atoms with Gasteiger partial charge in [-0.1, -0.05) is 12.2 Å². The van der Waals surface area contributed by atoms with Crippen molar-refractivity contribution in [2.45, 2.75) is 6.42 Å². The SMILES string of the molecule is Cl.NCC(=O)NCCN1C(=O)C2C3C=CC(C3)C2C1=O. The number of halogens is 1. The number of rotatable bonds is 4. The highest BCUT2D eigenvalue weighted by atomic mass is 35.5. The van der Waals surface area contributed by atoms with Gasteiger partial charge in [-0.2, -0.15) is 0 Å². The lowest BCUT2D eigenvalue weighted by molar-refractivity contribution is -0.141. The minimum atomic E-state index is -0.277. The van der Waals surface area contributed by atoms with Gasteiger partial charge in [0.05, 0.1) is 18.4 Å². The number of hydrogen-bond acceptors (Lipinski definition) is 4. The van der Waals surface area contributed by atoms with Crippen LogP contribution in [0.25, 0.3) is 0 Å². The Hall–Kier alpha value is -1.40. The summed E-state index contributed by atoms with van der Waals surface area (Å²) in [6, 6.07) is 0. The van der Waals surface area contributed by atoms with Crippen molar-refractivity contribution in [2.75, 3.05) is 19.6 Å². The van der Waals surface area contributed by atoms with Crippen LogP contribution in [0.3, 0.4) is 0 Å². The second kappa shape index (κ2) is 5.54. The molecule has 1 saturated carbocycles. The maximum Gasteiger partial charge on any atom is 0.233 e. The predicted octanol–water partition coefficient (Wildman–Crippen LogP) is -0.710. The zero-order valence-corrected chi connectivity index (χ0v) is 11.8. The van der Waals surface area contributed by atoms with Crippen LogP contribution in [-0.2, 0) is 14.4 Å². The summed E-state index contributed by atoms with van der Waals surface area (Å²) in [6.07, 6.45) is 5.07. The molecule has 4 atom stereocenters. The molecule has 0 aromatic heterocycles. The highest BCUT2D eigenvalue weighted by molar-refractivity contribution is 6.06. The Kier molecular flexibility index (Phi) is 4.15. The van der Waals surface area contributed by atoms with Crippen molar-refractivity contribution < 1.29 is 14.4 Å². The van der Waals surface area contributed by atoms with Gasteiger partial charge in [-0.3, -0.25) is 19.3 Å². The van der Waals surface area contributed by atoms with E-state index in [1.165, 1.54) is 4.90 Å². The molecule has 110 valence electrons. The second-order valence-corrected chi connectivity index (χ2v) is 5.38. The second-order valence-electron chi connectivity index (χ2n) is 5.38. The molecule has 0 radical (unpaired) electrons. The van der Waals surface area contributed by atoms with Gasteiger partial charge in [0.1, 0.15) is 0 Å². The van der Waals surface area contributed by atoms with Gasteiger partial charge in [0.2, 0.25) is 17.7 Å². The third-order valence-electron chi connectivity index (χ3n) is 4.40. The summed E-state index contributed by atoms with van der Waals surface area (Å²) < 4.78 is 0. The van der Waals surface area contributed by atoms with Crippen LogP contribution < -0.4 is 11.1 Å². The van der Waals surface area contributed by atoms with Gasteiger partial charge in [0, 0.05) is 13.1 Å². The lowest BCUT2D eigenvalue weighted by Crippen LogP contribution is -2.41. The summed E-state index contributed by atoms with van der Waals surface area (Å²) >= 11 is 0. The molecule has 2 bridgehead atoms. The monoisotopic (exact) mass is 299 g/mol. The van der Waals surface area contributed by atoms with Gasteiger partial charge < -0.3 is 11.1 Å². The van der Waals surface area contributed by atoms with Crippen LogP contribution >= 0.6 is 12.4 Å². The molecular weight excluding hydrogens is 282 g/mol. The van der Waals surface area contributed by atoms with E-state index >= 15 is 0 Å². The largest absolute Gasteiger partial charge is 0.353 e. The minimum Gasteiger partial charge on any atom is -0.353 e. The van der Waals surface area contributed by atoms with E-state index in [0.29, 0.717) is 0 Å². The summed E-state index contributed by atoms with van der Waals surface area (Å²) in [7, 11) is 0. The molecule has 20 heavy (non-hydrogen) atoms. The molecule has 2 fully saturated rings. The van der Waals surface area contributed by atoms with E-state index in [1.54, 1.807) is 0 Å². The fourth-order valence-corrected chi connectivity index (χ4v) is 3.56. The Labute approximate surface area is 123 Å². The molecule has 3 rings (SSSR count). The molecule has 1 heterocycles. The van der Waals surface area contributed by atoms with Crippen molar-refractivity contribution >= 4 is 30.1 Å². The number of carbonyl (C=O) groups is 3. The Balaban J connectivity index is 0.00000147. The van der Waals surface area contributed by atoms with Crippen LogP contribution in [-0.4, -0.2) is 42.3 Å². The number of allylic oxidation sites excluding steroid dienone is 2. The molecule has 1 saturated heterocycles. The van der Waals surface area contributed by atoms with Gasteiger partial charge in [-0.15, -0.1) is 12.4 Å². The van der Waals surface area contributed by atoms with Gasteiger partial charge in [-0.25, -0.2) is 0 Å². The van der Waals surface area contributed by atoms with Crippen molar-refractivity contribution in [3.8, 4) is 0 Å². The topological polar surface area (TPSA) is 92.5 Å². The summed E-state index contributed by atoms with van der Waals surface area (Å²) in [6.45, 7) is 0.437. The Morgan fingerprint density at radius 2 is 1.80 bits per heavy atom. The molecule has 3 N–H and O–H groups in total. The molecule has 0 spiro atoms. The van der Waals surface area contributed by atoms with Gasteiger partial charge >= 0.3 is 0 Å². The van der Waals surface area contributed by atoms with Crippen molar-refractivity contribution in [3.63, 3.8) is 0 Å². The molecule has 1 aliphatic heterocycles. The Morgan fingerprint density at radius 3 is 2.30 bits per heavy atom. The molecule has 3 aliphatic rings. The number of carbonyl (C=O) groups excluding carboxylic acids is 3. The zero-order valence-electron chi connectivity index (χ0n) is 11.0. The number of nitrogens with one attached hydrogen (secondary N) is 1. The van der Waals surface area contributed by atoms with Crippen LogP contribution in [0, 0.1) is 23.7 Å². The third kappa shape index (κ3) is 2.13. The number of hydrogen-bond donors (Lipinski definition) is 2. The van der Waals surface area contributed by atoms with Gasteiger partial charge in [-0.05, 0) is 18.3 Å². The molecule has 4 unspecified atom stereocenters. The van der Waals surface area contributed by atoms with Crippen LogP contribution in [0.15, 0.2) is 12.2 Å². The number of nitrogens with two attached hydrogens (primary N) is 1. The number of nitrogens with zero attached hydrogens (tertiary/aromatic N) is 1. The van der Waals surface area contributed by atoms with E-state index < -0.39 is 0 Å². The normalized spacial score (nSPS) is 33.4. The van der Waals surface area contributed by atoms with Gasteiger partial charge in [0.25, 0.3) is 0 Å². The average molecular weight is 300 g/mol. The van der Waals surface area contributed by atoms with E-state index in [2.05, 4.69) is 17.5 Å². The number of likely N-dealkylation sites (tertiary alicyclic amines) is 1. The smallest absolute Gasteiger partial charge is 0.233 e. The lowest BCUT2D eigenvalue weighted by Gasteiger charge is -2.17. The molecule has 0 aromatic carbocycles. The first kappa shape index (κ1) is 15.0. The average Bonchev–Trinajstić information content (AvgIpc) is 3.07. The van der Waals surface area contributed by atoms with Crippen LogP contribution in [0.5, 0.6) is 0 Å². The summed E-state index contributed by atoms with van der Waals surface area (Å²) in [4.78, 5) is 36.9. The zero-order chi connectivity index (χ0) is 13.6. The van der Waals surface area contributed by atoms with Crippen LogP contribution in [0.2, 0.25) is 0 Å². The first-order valence-electron chi connectivity index (χ1n) is 6.64. The third-order valence-corrected chi connectivity index (χ3v) is 4.40. The van der Waals surface area contributed by atoms with Crippen molar-refractivity contribution in [2.24, 2.45) is 29.4 Å². The lowest BCUT2D eigenvalue weighted by atomic mass is 9.85. The molecule has 2 aliphatic carbocycles. The fourth-order valence-electron chi connectivity index (χ4n) is 3.56. The van der Waals surface area contributed by atoms with E-state index in [4.69, 9.17) is 5.73 Å². The molecule has 0 aromatic rings. The van der Waals surface area contributed by atoms with Crippen molar-refractivity contribution in [3.05, 3.63) is 12.2 Å². The predicted molar refractivity (Wildman–Crippen MR) is 73.7 cm³/mol. The maximum absolute atomic E-state index is 12.3. The molecular formula is C13H18ClN3O3. The van der Waals surface area contributed by atoms with Crippen molar-refractivity contribution in [1.29, 1.82) is 0 Å². The van der Waals surface area contributed by atoms with E-state index in [0.717, 1.165) is 6.42 Å². The van der Waals surface area contributed by atoms with E-state index in [9.17, 15) is 14.4 Å². The van der Waals surface area contributed by atoms with Crippen LogP contribution in [0.4, 0.5) is 0 Å². The molecule has 3 amide bonds. The first-order valence-corrected chi connectivity index (χ1v) is 6.64. The summed E-state index contributed by atoms with van der Waals surface area (Å²) in [5.74, 6) is -0.283. The first-order chi connectivity index (χ1) is 9.13. The molecule has 6 nitrogen and oxygen atoms in total. The van der Waals surface area contributed by atoms with Crippen molar-refractivity contribution in [1.82, 2.24) is 10.2 Å². The highest BCUT2D eigenvalue weighted by Crippen LogP contribution is 2.52. The quantitative estimate of drug-likeness (QED) is 0.530. The molecule has 7 heteroatoms. The number of imide groups is 1.